The van der Waals surface area contributed by atoms with E-state index in [0.717, 1.165) is 0 Å². The Labute approximate surface area is 169 Å². The molecule has 0 aromatic rings. The van der Waals surface area contributed by atoms with Gasteiger partial charge in [-0.2, -0.15) is 0 Å². The van der Waals surface area contributed by atoms with Crippen molar-refractivity contribution in [1.29, 1.82) is 0 Å². The number of carboxylic acids is 1. The maximum Gasteiger partial charge on any atom is 0.326 e. The van der Waals surface area contributed by atoms with Crippen molar-refractivity contribution in [3.63, 3.8) is 0 Å². The van der Waals surface area contributed by atoms with Crippen molar-refractivity contribution in [2.45, 2.75) is 64.1 Å². The van der Waals surface area contributed by atoms with Gasteiger partial charge in [0.2, 0.25) is 17.7 Å². The van der Waals surface area contributed by atoms with Crippen LogP contribution in [0.3, 0.4) is 0 Å². The van der Waals surface area contributed by atoms with Gasteiger partial charge in [0.15, 0.2) is 5.96 Å². The van der Waals surface area contributed by atoms with Crippen LogP contribution >= 0.6 is 0 Å². The summed E-state index contributed by atoms with van der Waals surface area (Å²) >= 11 is 0. The fourth-order valence-corrected chi connectivity index (χ4v) is 2.41. The fraction of sp³-hybridized carbons (Fsp3) is 0.706. The first-order valence-electron chi connectivity index (χ1n) is 9.42. The van der Waals surface area contributed by atoms with Crippen LogP contribution in [0.2, 0.25) is 0 Å². The first-order valence-corrected chi connectivity index (χ1v) is 9.42. The summed E-state index contributed by atoms with van der Waals surface area (Å²) < 4.78 is 0. The summed E-state index contributed by atoms with van der Waals surface area (Å²) in [5.74, 6) is -3.44. The third-order valence-electron chi connectivity index (χ3n) is 4.39. The van der Waals surface area contributed by atoms with Crippen molar-refractivity contribution in [3.8, 4) is 0 Å². The number of rotatable bonds is 14. The lowest BCUT2D eigenvalue weighted by Gasteiger charge is -2.26. The van der Waals surface area contributed by atoms with Gasteiger partial charge in [-0.15, -0.1) is 0 Å². The number of carboxylic acid groups (broad SMARTS) is 1. The Kier molecular flexibility index (Phi) is 12.0. The zero-order valence-corrected chi connectivity index (χ0v) is 16.9. The zero-order chi connectivity index (χ0) is 22.6. The number of amides is 3. The Hall–Kier alpha value is -2.89. The van der Waals surface area contributed by atoms with E-state index >= 15 is 0 Å². The van der Waals surface area contributed by atoms with E-state index in [0.29, 0.717) is 12.8 Å². The molecule has 0 aromatic heterocycles. The third-order valence-corrected chi connectivity index (χ3v) is 4.39. The number of aliphatic imine (C=N–C) groups is 1. The van der Waals surface area contributed by atoms with E-state index in [2.05, 4.69) is 15.6 Å². The maximum absolute atomic E-state index is 12.7. The third kappa shape index (κ3) is 10.9. The highest BCUT2D eigenvalue weighted by atomic mass is 16.4. The van der Waals surface area contributed by atoms with Gasteiger partial charge in [0.1, 0.15) is 12.1 Å². The van der Waals surface area contributed by atoms with Gasteiger partial charge < -0.3 is 38.7 Å². The number of carbonyl (C=O) groups excluding carboxylic acids is 3. The molecule has 0 unspecified atom stereocenters. The minimum atomic E-state index is -1.21. The van der Waals surface area contributed by atoms with Crippen LogP contribution < -0.4 is 33.6 Å². The predicted octanol–water partition coefficient (Wildman–Crippen LogP) is -2.27. The van der Waals surface area contributed by atoms with Crippen LogP contribution in [0.15, 0.2) is 4.99 Å². The molecule has 0 spiro atoms. The summed E-state index contributed by atoms with van der Waals surface area (Å²) in [4.78, 5) is 51.0. The van der Waals surface area contributed by atoms with E-state index in [1.807, 2.05) is 6.92 Å². The maximum atomic E-state index is 12.7. The van der Waals surface area contributed by atoms with E-state index in [4.69, 9.17) is 22.9 Å². The quantitative estimate of drug-likeness (QED) is 0.0926. The summed E-state index contributed by atoms with van der Waals surface area (Å²) in [5, 5.41) is 14.3. The van der Waals surface area contributed by atoms with Crippen LogP contribution in [0.5, 0.6) is 0 Å². The van der Waals surface area contributed by atoms with Gasteiger partial charge >= 0.3 is 5.97 Å². The monoisotopic (exact) mass is 415 g/mol. The second-order valence-electron chi connectivity index (χ2n) is 6.83. The smallest absolute Gasteiger partial charge is 0.326 e. The standard InChI is InChI=1S/C17H33N7O5/c1-3-9(2)13(24-14(26)10(18)6-7-12(19)25)15(27)23-11(16(28)29)5-4-8-22-17(20)21/h9-11,13H,3-8,18H2,1-2H3,(H2,19,25)(H,23,27)(H,24,26)(H,28,29)(H4,20,21,22)/t9-,10-,11-,13-/m0/s1. The first-order chi connectivity index (χ1) is 13.5. The van der Waals surface area contributed by atoms with Crippen molar-refractivity contribution < 1.29 is 24.3 Å². The molecule has 0 heterocycles. The molecule has 4 atom stereocenters. The van der Waals surface area contributed by atoms with Gasteiger partial charge in [0.25, 0.3) is 0 Å². The summed E-state index contributed by atoms with van der Waals surface area (Å²) in [5.41, 5.74) is 21.2. The summed E-state index contributed by atoms with van der Waals surface area (Å²) in [6, 6.07) is -3.16. The summed E-state index contributed by atoms with van der Waals surface area (Å²) in [7, 11) is 0. The predicted molar refractivity (Wildman–Crippen MR) is 107 cm³/mol. The highest BCUT2D eigenvalue weighted by Crippen LogP contribution is 2.10. The average Bonchev–Trinajstić information content (AvgIpc) is 2.64. The normalized spacial score (nSPS) is 14.7. The van der Waals surface area contributed by atoms with Crippen LogP contribution in [0.25, 0.3) is 0 Å². The van der Waals surface area contributed by atoms with Crippen molar-refractivity contribution >= 4 is 29.7 Å². The van der Waals surface area contributed by atoms with Crippen LogP contribution in [0, 0.1) is 5.92 Å². The Bertz CT molecular complexity index is 607. The average molecular weight is 415 g/mol. The van der Waals surface area contributed by atoms with Crippen molar-refractivity contribution in [2.75, 3.05) is 6.54 Å². The van der Waals surface area contributed by atoms with Gasteiger partial charge in [-0.25, -0.2) is 4.79 Å². The van der Waals surface area contributed by atoms with Gasteiger partial charge in [0.05, 0.1) is 6.04 Å². The lowest BCUT2D eigenvalue weighted by atomic mass is 9.97. The highest BCUT2D eigenvalue weighted by Gasteiger charge is 2.30. The van der Waals surface area contributed by atoms with Gasteiger partial charge in [0, 0.05) is 13.0 Å². The van der Waals surface area contributed by atoms with Crippen molar-refractivity contribution in [3.05, 3.63) is 0 Å². The van der Waals surface area contributed by atoms with Crippen molar-refractivity contribution in [2.24, 2.45) is 33.8 Å². The molecule has 0 fully saturated rings. The van der Waals surface area contributed by atoms with E-state index in [-0.39, 0.29) is 37.7 Å². The van der Waals surface area contributed by atoms with Crippen molar-refractivity contribution in [1.82, 2.24) is 10.6 Å². The van der Waals surface area contributed by atoms with Crippen LogP contribution in [-0.2, 0) is 19.2 Å². The molecular weight excluding hydrogens is 382 g/mol. The molecule has 3 amide bonds. The van der Waals surface area contributed by atoms with E-state index < -0.39 is 41.8 Å². The molecule has 0 saturated heterocycles. The molecule has 0 bridgehead atoms. The van der Waals surface area contributed by atoms with Gasteiger partial charge in [-0.3, -0.25) is 19.4 Å². The molecule has 0 aromatic carbocycles. The molecular formula is C17H33N7O5. The summed E-state index contributed by atoms with van der Waals surface area (Å²) in [6.45, 7) is 3.80. The highest BCUT2D eigenvalue weighted by molar-refractivity contribution is 5.92. The minimum Gasteiger partial charge on any atom is -0.480 e. The SMILES string of the molecule is CC[C@H](C)[C@H](NC(=O)[C@@H](N)CCC(N)=O)C(=O)N[C@@H](CCCN=C(N)N)C(=O)O. The second kappa shape index (κ2) is 13.3. The molecule has 12 nitrogen and oxygen atoms in total. The zero-order valence-electron chi connectivity index (χ0n) is 16.9. The lowest BCUT2D eigenvalue weighted by Crippen LogP contribution is -2.56. The Morgan fingerprint density at radius 3 is 2.14 bits per heavy atom. The molecule has 0 saturated carbocycles. The topological polar surface area (TPSA) is 229 Å². The molecule has 0 rings (SSSR count). The summed E-state index contributed by atoms with van der Waals surface area (Å²) in [6.07, 6.45) is 0.978. The van der Waals surface area contributed by atoms with Crippen LogP contribution in [0.4, 0.5) is 0 Å². The van der Waals surface area contributed by atoms with Crippen LogP contribution in [0.1, 0.15) is 46.0 Å². The molecule has 166 valence electrons. The van der Waals surface area contributed by atoms with Gasteiger partial charge in [-0.05, 0) is 25.2 Å². The lowest BCUT2D eigenvalue weighted by molar-refractivity contribution is -0.142. The number of nitrogens with one attached hydrogen (secondary N) is 2. The number of carbonyl (C=O) groups is 4. The number of aliphatic carboxylic acids is 1. The minimum absolute atomic E-state index is 0.0402. The van der Waals surface area contributed by atoms with E-state index in [1.54, 1.807) is 6.92 Å². The second-order valence-corrected chi connectivity index (χ2v) is 6.83. The number of nitrogens with two attached hydrogens (primary N) is 4. The number of hydrogen-bond donors (Lipinski definition) is 7. The molecule has 0 aliphatic heterocycles. The molecule has 12 heteroatoms. The molecule has 29 heavy (non-hydrogen) atoms. The molecule has 0 aliphatic rings. The number of hydrogen-bond acceptors (Lipinski definition) is 6. The Morgan fingerprint density at radius 1 is 1.03 bits per heavy atom. The molecule has 0 aliphatic carbocycles. The van der Waals surface area contributed by atoms with Gasteiger partial charge in [-0.1, -0.05) is 20.3 Å². The molecule has 11 N–H and O–H groups in total. The largest absolute Gasteiger partial charge is 0.480 e. The first kappa shape index (κ1) is 26.1. The molecule has 0 radical (unpaired) electrons. The van der Waals surface area contributed by atoms with E-state index in [9.17, 15) is 24.3 Å². The number of primary amides is 1. The number of guanidine groups is 1. The Morgan fingerprint density at radius 2 is 1.66 bits per heavy atom. The Balaban J connectivity index is 5.02. The van der Waals surface area contributed by atoms with E-state index in [1.165, 1.54) is 0 Å². The fourth-order valence-electron chi connectivity index (χ4n) is 2.41. The number of nitrogens with zero attached hydrogens (tertiary/aromatic N) is 1. The van der Waals surface area contributed by atoms with Crippen LogP contribution in [-0.4, -0.2) is 59.4 Å².